The lowest BCUT2D eigenvalue weighted by Crippen LogP contribution is -2.17. The fourth-order valence-electron chi connectivity index (χ4n) is 2.37. The molecule has 0 bridgehead atoms. The van der Waals surface area contributed by atoms with Crippen LogP contribution in [-0.2, 0) is 11.2 Å². The molecule has 0 amide bonds. The second kappa shape index (κ2) is 6.85. The van der Waals surface area contributed by atoms with Gasteiger partial charge in [0.25, 0.3) is 0 Å². The molecule has 0 N–H and O–H groups in total. The summed E-state index contributed by atoms with van der Waals surface area (Å²) in [6, 6.07) is 8.25. The lowest BCUT2D eigenvalue weighted by Gasteiger charge is -2.11. The Morgan fingerprint density at radius 1 is 1.43 bits per heavy atom. The van der Waals surface area contributed by atoms with Crippen molar-refractivity contribution in [3.63, 3.8) is 0 Å². The first kappa shape index (κ1) is 16.4. The van der Waals surface area contributed by atoms with Crippen LogP contribution in [0.15, 0.2) is 36.4 Å². The Labute approximate surface area is 133 Å². The number of benzene rings is 1. The van der Waals surface area contributed by atoms with Gasteiger partial charge in [0.2, 0.25) is 0 Å². The van der Waals surface area contributed by atoms with Gasteiger partial charge >= 0.3 is 0 Å². The molecular weight excluding hydrogens is 284 g/mol. The maximum absolute atomic E-state index is 6.21. The zero-order valence-corrected chi connectivity index (χ0v) is 14.0. The molecule has 0 radical (unpaired) electrons. The third-order valence-corrected chi connectivity index (χ3v) is 4.79. The summed E-state index contributed by atoms with van der Waals surface area (Å²) < 4.78 is 11.6. The summed E-state index contributed by atoms with van der Waals surface area (Å²) in [4.78, 5) is 0. The lowest BCUT2D eigenvalue weighted by molar-refractivity contribution is 0.248. The Kier molecular flexibility index (Phi) is 5.34. The van der Waals surface area contributed by atoms with Crippen molar-refractivity contribution in [3.05, 3.63) is 42.0 Å². The summed E-state index contributed by atoms with van der Waals surface area (Å²) in [6.45, 7) is 10.7. The maximum Gasteiger partial charge on any atom is 0.121 e. The van der Waals surface area contributed by atoms with Gasteiger partial charge in [0.15, 0.2) is 0 Å². The van der Waals surface area contributed by atoms with Crippen LogP contribution < -0.4 is 4.74 Å². The van der Waals surface area contributed by atoms with Crippen LogP contribution in [0.3, 0.4) is 0 Å². The van der Waals surface area contributed by atoms with Crippen LogP contribution >= 0.6 is 11.6 Å². The third kappa shape index (κ3) is 4.49. The van der Waals surface area contributed by atoms with Gasteiger partial charge in [0.1, 0.15) is 18.5 Å². The Bertz CT molecular complexity index is 482. The van der Waals surface area contributed by atoms with Crippen LogP contribution in [0.5, 0.6) is 5.75 Å². The van der Waals surface area contributed by atoms with Gasteiger partial charge in [0.05, 0.1) is 11.0 Å². The van der Waals surface area contributed by atoms with Crippen LogP contribution in [0.2, 0.25) is 0 Å². The van der Waals surface area contributed by atoms with Crippen molar-refractivity contribution >= 4 is 11.6 Å². The smallest absolute Gasteiger partial charge is 0.121 e. The molecule has 0 spiro atoms. The molecule has 21 heavy (non-hydrogen) atoms. The average Bonchev–Trinajstić information content (AvgIpc) is 3.14. The Balaban J connectivity index is 1.74. The normalized spacial score (nSPS) is 25.4. The molecule has 116 valence electrons. The van der Waals surface area contributed by atoms with Crippen LogP contribution in [0, 0.1) is 0 Å². The summed E-state index contributed by atoms with van der Waals surface area (Å²) in [7, 11) is 0. The first-order chi connectivity index (χ1) is 9.94. The zero-order chi connectivity index (χ0) is 15.5. The lowest BCUT2D eigenvalue weighted by atomic mass is 9.99. The first-order valence-electron chi connectivity index (χ1n) is 7.63. The quantitative estimate of drug-likeness (QED) is 0.393. The van der Waals surface area contributed by atoms with Crippen molar-refractivity contribution in [2.24, 2.45) is 0 Å². The number of hydrogen-bond donors (Lipinski definition) is 0. The zero-order valence-electron chi connectivity index (χ0n) is 13.2. The Morgan fingerprint density at radius 3 is 2.67 bits per heavy atom. The van der Waals surface area contributed by atoms with E-state index in [-0.39, 0.29) is 17.1 Å². The summed E-state index contributed by atoms with van der Waals surface area (Å²) in [5.74, 6) is 0.905. The van der Waals surface area contributed by atoms with Crippen LogP contribution in [-0.4, -0.2) is 23.7 Å². The van der Waals surface area contributed by atoms with E-state index < -0.39 is 0 Å². The van der Waals surface area contributed by atoms with E-state index >= 15 is 0 Å². The number of ether oxygens (including phenoxy) is 2. The predicted molar refractivity (Wildman–Crippen MR) is 88.3 cm³/mol. The van der Waals surface area contributed by atoms with Crippen molar-refractivity contribution in [1.82, 2.24) is 0 Å². The molecule has 1 heterocycles. The fourth-order valence-corrected chi connectivity index (χ4v) is 2.48. The molecule has 3 atom stereocenters. The minimum absolute atomic E-state index is 0.0363. The standard InChI is InChI=1S/C18H25ClO2/c1-5-14-6-8-15(9-7-14)20-12-17-18(4,21-17)11-10-16(19)13(2)3/h6-9,16-17H,2,5,10-12H2,1,3-4H3. The highest BCUT2D eigenvalue weighted by atomic mass is 35.5. The van der Waals surface area contributed by atoms with Gasteiger partial charge in [0, 0.05) is 0 Å². The summed E-state index contributed by atoms with van der Waals surface area (Å²) >= 11 is 6.21. The average molecular weight is 309 g/mol. The van der Waals surface area contributed by atoms with E-state index in [1.54, 1.807) is 0 Å². The second-order valence-electron chi connectivity index (χ2n) is 6.08. The molecular formula is C18H25ClO2. The summed E-state index contributed by atoms with van der Waals surface area (Å²) in [6.07, 6.45) is 3.05. The molecule has 1 saturated heterocycles. The molecule has 3 unspecified atom stereocenters. The summed E-state index contributed by atoms with van der Waals surface area (Å²) in [5.41, 5.74) is 2.25. The van der Waals surface area contributed by atoms with E-state index in [9.17, 15) is 0 Å². The topological polar surface area (TPSA) is 21.8 Å². The van der Waals surface area contributed by atoms with E-state index in [2.05, 4.69) is 32.6 Å². The van der Waals surface area contributed by atoms with Gasteiger partial charge in [-0.1, -0.05) is 31.2 Å². The molecule has 1 aliphatic rings. The van der Waals surface area contributed by atoms with Gasteiger partial charge in [-0.05, 0) is 50.8 Å². The Hall–Kier alpha value is -0.990. The molecule has 0 aliphatic carbocycles. The molecule has 1 fully saturated rings. The highest BCUT2D eigenvalue weighted by Crippen LogP contribution is 2.41. The van der Waals surface area contributed by atoms with E-state index in [0.29, 0.717) is 6.61 Å². The van der Waals surface area contributed by atoms with E-state index in [4.69, 9.17) is 21.1 Å². The highest BCUT2D eigenvalue weighted by molar-refractivity contribution is 6.22. The van der Waals surface area contributed by atoms with Crippen LogP contribution in [0.25, 0.3) is 0 Å². The summed E-state index contributed by atoms with van der Waals surface area (Å²) in [5, 5.41) is 0.0363. The molecule has 1 aromatic carbocycles. The van der Waals surface area contributed by atoms with Crippen molar-refractivity contribution in [2.45, 2.75) is 57.1 Å². The number of rotatable bonds is 8. The van der Waals surface area contributed by atoms with Crippen molar-refractivity contribution in [2.75, 3.05) is 6.61 Å². The van der Waals surface area contributed by atoms with Gasteiger partial charge < -0.3 is 9.47 Å². The molecule has 1 aliphatic heterocycles. The van der Waals surface area contributed by atoms with Crippen molar-refractivity contribution < 1.29 is 9.47 Å². The van der Waals surface area contributed by atoms with Crippen LogP contribution in [0.4, 0.5) is 0 Å². The van der Waals surface area contributed by atoms with E-state index in [0.717, 1.165) is 30.6 Å². The van der Waals surface area contributed by atoms with Crippen molar-refractivity contribution in [3.8, 4) is 5.75 Å². The highest BCUT2D eigenvalue weighted by Gasteiger charge is 2.52. The Morgan fingerprint density at radius 2 is 2.10 bits per heavy atom. The molecule has 1 aromatic rings. The molecule has 3 heteroatoms. The number of hydrogen-bond acceptors (Lipinski definition) is 2. The monoisotopic (exact) mass is 308 g/mol. The molecule has 0 aromatic heterocycles. The molecule has 2 nitrogen and oxygen atoms in total. The number of epoxide rings is 1. The number of aryl methyl sites for hydroxylation is 1. The number of allylic oxidation sites excluding steroid dienone is 1. The van der Waals surface area contributed by atoms with E-state index in [1.165, 1.54) is 5.56 Å². The van der Waals surface area contributed by atoms with Crippen LogP contribution in [0.1, 0.15) is 39.2 Å². The minimum Gasteiger partial charge on any atom is -0.491 e. The minimum atomic E-state index is -0.0913. The number of alkyl halides is 1. The van der Waals surface area contributed by atoms with Gasteiger partial charge in [-0.25, -0.2) is 0 Å². The predicted octanol–water partition coefficient (Wildman–Crippen LogP) is 4.75. The van der Waals surface area contributed by atoms with Gasteiger partial charge in [-0.15, -0.1) is 11.6 Å². The third-order valence-electron chi connectivity index (χ3n) is 4.20. The first-order valence-corrected chi connectivity index (χ1v) is 8.07. The number of halogens is 1. The van der Waals surface area contributed by atoms with E-state index in [1.807, 2.05) is 19.1 Å². The molecule has 2 rings (SSSR count). The fraction of sp³-hybridized carbons (Fsp3) is 0.556. The SMILES string of the molecule is C=C(C)C(Cl)CCC1(C)OC1COc1ccc(CC)cc1. The van der Waals surface area contributed by atoms with Gasteiger partial charge in [-0.2, -0.15) is 0 Å². The maximum atomic E-state index is 6.21. The van der Waals surface area contributed by atoms with Gasteiger partial charge in [-0.3, -0.25) is 0 Å². The molecule has 0 saturated carbocycles. The van der Waals surface area contributed by atoms with Crippen molar-refractivity contribution in [1.29, 1.82) is 0 Å². The largest absolute Gasteiger partial charge is 0.491 e. The second-order valence-corrected chi connectivity index (χ2v) is 6.61.